The van der Waals surface area contributed by atoms with Gasteiger partial charge in [0.25, 0.3) is 0 Å². The molecular weight excluding hydrogens is 314 g/mol. The van der Waals surface area contributed by atoms with E-state index in [1.807, 2.05) is 31.2 Å². The molecule has 0 spiro atoms. The molecule has 0 radical (unpaired) electrons. The van der Waals surface area contributed by atoms with E-state index in [-0.39, 0.29) is 23.8 Å². The Bertz CT molecular complexity index is 698. The van der Waals surface area contributed by atoms with Crippen LogP contribution in [-0.2, 0) is 14.3 Å². The standard InChI is InChI=1S/C21H25NO3/c1-4-25-20(24)13-10-17-6-5-7-19(14-17)21(22-16(3)23)18-11-8-15(2)9-12-18/h5-13,19,21H,4,14H2,1-3H3,(H,22,23)/b13-10+. The minimum Gasteiger partial charge on any atom is -0.463 e. The maximum Gasteiger partial charge on any atom is 0.330 e. The number of nitrogens with one attached hydrogen (secondary N) is 1. The summed E-state index contributed by atoms with van der Waals surface area (Å²) in [5.41, 5.74) is 3.29. The Morgan fingerprint density at radius 1 is 1.32 bits per heavy atom. The zero-order valence-electron chi connectivity index (χ0n) is 15.0. The SMILES string of the molecule is CCOC(=O)/C=C/C1=CC=CC(C(NC(C)=O)c2ccc(C)cc2)C1. The van der Waals surface area contributed by atoms with Crippen molar-refractivity contribution in [3.63, 3.8) is 0 Å². The Balaban J connectivity index is 2.15. The third-order valence-electron chi connectivity index (χ3n) is 4.08. The zero-order valence-corrected chi connectivity index (χ0v) is 15.0. The molecule has 0 bridgehead atoms. The van der Waals surface area contributed by atoms with Crippen molar-refractivity contribution in [3.05, 3.63) is 71.3 Å². The van der Waals surface area contributed by atoms with E-state index < -0.39 is 0 Å². The van der Waals surface area contributed by atoms with Gasteiger partial charge in [0.1, 0.15) is 0 Å². The molecule has 0 aromatic heterocycles. The number of carbonyl (C=O) groups is 2. The Morgan fingerprint density at radius 3 is 2.68 bits per heavy atom. The van der Waals surface area contributed by atoms with E-state index >= 15 is 0 Å². The number of aryl methyl sites for hydroxylation is 1. The average molecular weight is 339 g/mol. The van der Waals surface area contributed by atoms with Gasteiger partial charge in [-0.1, -0.05) is 54.1 Å². The lowest BCUT2D eigenvalue weighted by atomic mass is 9.84. The molecule has 132 valence electrons. The number of benzene rings is 1. The van der Waals surface area contributed by atoms with Crippen LogP contribution in [0, 0.1) is 12.8 Å². The molecule has 1 aliphatic rings. The molecule has 1 aromatic rings. The first kappa shape index (κ1) is 18.7. The smallest absolute Gasteiger partial charge is 0.330 e. The highest BCUT2D eigenvalue weighted by Crippen LogP contribution is 2.31. The monoisotopic (exact) mass is 339 g/mol. The van der Waals surface area contributed by atoms with Crippen molar-refractivity contribution in [2.24, 2.45) is 5.92 Å². The average Bonchev–Trinajstić information content (AvgIpc) is 2.59. The second-order valence-corrected chi connectivity index (χ2v) is 6.17. The number of hydrogen-bond acceptors (Lipinski definition) is 3. The van der Waals surface area contributed by atoms with Crippen molar-refractivity contribution < 1.29 is 14.3 Å². The number of hydrogen-bond donors (Lipinski definition) is 1. The molecule has 0 fully saturated rings. The summed E-state index contributed by atoms with van der Waals surface area (Å²) in [5.74, 6) is -0.276. The second-order valence-electron chi connectivity index (χ2n) is 6.17. The van der Waals surface area contributed by atoms with Gasteiger partial charge in [0.2, 0.25) is 5.91 Å². The predicted molar refractivity (Wildman–Crippen MR) is 98.8 cm³/mol. The van der Waals surface area contributed by atoms with Crippen LogP contribution in [0.5, 0.6) is 0 Å². The van der Waals surface area contributed by atoms with Crippen molar-refractivity contribution in [1.29, 1.82) is 0 Å². The normalized spacial score (nSPS) is 17.9. The Kier molecular flexibility index (Phi) is 6.75. The number of rotatable bonds is 6. The maximum atomic E-state index is 11.7. The summed E-state index contributed by atoms with van der Waals surface area (Å²) in [7, 11) is 0. The number of carbonyl (C=O) groups excluding carboxylic acids is 2. The van der Waals surface area contributed by atoms with Crippen LogP contribution < -0.4 is 5.32 Å². The first-order valence-corrected chi connectivity index (χ1v) is 8.55. The Hall–Kier alpha value is -2.62. The van der Waals surface area contributed by atoms with Crippen LogP contribution in [-0.4, -0.2) is 18.5 Å². The molecule has 2 unspecified atom stereocenters. The number of esters is 1. The zero-order chi connectivity index (χ0) is 18.2. The number of amides is 1. The van der Waals surface area contributed by atoms with Crippen LogP contribution >= 0.6 is 0 Å². The quantitative estimate of drug-likeness (QED) is 0.634. The van der Waals surface area contributed by atoms with E-state index in [1.165, 1.54) is 18.6 Å². The Morgan fingerprint density at radius 2 is 2.04 bits per heavy atom. The third-order valence-corrected chi connectivity index (χ3v) is 4.08. The fourth-order valence-corrected chi connectivity index (χ4v) is 2.88. The summed E-state index contributed by atoms with van der Waals surface area (Å²) < 4.78 is 4.91. The van der Waals surface area contributed by atoms with Crippen molar-refractivity contribution in [3.8, 4) is 0 Å². The van der Waals surface area contributed by atoms with E-state index in [4.69, 9.17) is 4.74 Å². The first-order valence-electron chi connectivity index (χ1n) is 8.55. The van der Waals surface area contributed by atoms with Gasteiger partial charge in [0.15, 0.2) is 0 Å². The fraction of sp³-hybridized carbons (Fsp3) is 0.333. The van der Waals surface area contributed by atoms with Crippen molar-refractivity contribution in [2.75, 3.05) is 6.61 Å². The highest BCUT2D eigenvalue weighted by atomic mass is 16.5. The fourth-order valence-electron chi connectivity index (χ4n) is 2.88. The van der Waals surface area contributed by atoms with Crippen LogP contribution in [0.15, 0.2) is 60.2 Å². The van der Waals surface area contributed by atoms with Crippen molar-refractivity contribution in [2.45, 2.75) is 33.2 Å². The number of ether oxygens (including phenoxy) is 1. The maximum absolute atomic E-state index is 11.7. The molecular formula is C21H25NO3. The largest absolute Gasteiger partial charge is 0.463 e. The molecule has 0 aliphatic heterocycles. The van der Waals surface area contributed by atoms with Crippen LogP contribution in [0.25, 0.3) is 0 Å². The summed E-state index contributed by atoms with van der Waals surface area (Å²) in [6.45, 7) is 5.72. The molecule has 0 saturated heterocycles. The first-order chi connectivity index (χ1) is 12.0. The van der Waals surface area contributed by atoms with Gasteiger partial charge in [-0.25, -0.2) is 4.79 Å². The van der Waals surface area contributed by atoms with Crippen molar-refractivity contribution >= 4 is 11.9 Å². The summed E-state index contributed by atoms with van der Waals surface area (Å²) in [6, 6.07) is 8.10. The van der Waals surface area contributed by atoms with Crippen molar-refractivity contribution in [1.82, 2.24) is 5.32 Å². The lowest BCUT2D eigenvalue weighted by Crippen LogP contribution is -2.31. The molecule has 1 aromatic carbocycles. The summed E-state index contributed by atoms with van der Waals surface area (Å²) in [4.78, 5) is 23.2. The van der Waals surface area contributed by atoms with Gasteiger partial charge in [0.05, 0.1) is 12.6 Å². The topological polar surface area (TPSA) is 55.4 Å². The molecule has 25 heavy (non-hydrogen) atoms. The highest BCUT2D eigenvalue weighted by Gasteiger charge is 2.24. The van der Waals surface area contributed by atoms with Gasteiger partial charge >= 0.3 is 5.97 Å². The Labute approximate surface area is 149 Å². The van der Waals surface area contributed by atoms with Gasteiger partial charge in [0, 0.05) is 18.9 Å². The predicted octanol–water partition coefficient (Wildman–Crippen LogP) is 3.79. The summed E-state index contributed by atoms with van der Waals surface area (Å²) >= 11 is 0. The summed E-state index contributed by atoms with van der Waals surface area (Å²) in [6.07, 6.45) is 10.0. The van der Waals surface area contributed by atoms with Crippen LogP contribution in [0.2, 0.25) is 0 Å². The van der Waals surface area contributed by atoms with E-state index in [1.54, 1.807) is 13.0 Å². The van der Waals surface area contributed by atoms with Gasteiger partial charge in [-0.2, -0.15) is 0 Å². The minimum absolute atomic E-state index is 0.0582. The lowest BCUT2D eigenvalue weighted by Gasteiger charge is -2.28. The molecule has 0 heterocycles. The van der Waals surface area contributed by atoms with E-state index in [0.717, 1.165) is 17.6 Å². The van der Waals surface area contributed by atoms with E-state index in [9.17, 15) is 9.59 Å². The lowest BCUT2D eigenvalue weighted by molar-refractivity contribution is -0.137. The third kappa shape index (κ3) is 5.75. The minimum atomic E-state index is -0.341. The number of allylic oxidation sites excluding steroid dienone is 4. The van der Waals surface area contributed by atoms with Gasteiger partial charge in [-0.3, -0.25) is 4.79 Å². The van der Waals surface area contributed by atoms with Gasteiger partial charge in [-0.05, 0) is 31.4 Å². The molecule has 1 amide bonds. The van der Waals surface area contributed by atoms with Gasteiger partial charge in [-0.15, -0.1) is 0 Å². The van der Waals surface area contributed by atoms with E-state index in [0.29, 0.717) is 6.61 Å². The molecule has 4 nitrogen and oxygen atoms in total. The van der Waals surface area contributed by atoms with Gasteiger partial charge < -0.3 is 10.1 Å². The van der Waals surface area contributed by atoms with E-state index in [2.05, 4.69) is 23.5 Å². The molecule has 0 saturated carbocycles. The molecule has 2 rings (SSSR count). The summed E-state index contributed by atoms with van der Waals surface area (Å²) in [5, 5.41) is 3.06. The molecule has 2 atom stereocenters. The molecule has 1 aliphatic carbocycles. The van der Waals surface area contributed by atoms with Crippen LogP contribution in [0.3, 0.4) is 0 Å². The molecule has 1 N–H and O–H groups in total. The molecule has 4 heteroatoms. The highest BCUT2D eigenvalue weighted by molar-refractivity contribution is 5.82. The van der Waals surface area contributed by atoms with Crippen LogP contribution in [0.4, 0.5) is 0 Å². The van der Waals surface area contributed by atoms with Crippen LogP contribution in [0.1, 0.15) is 37.4 Å². The second kappa shape index (κ2) is 9.02.